The average Bonchev–Trinajstić information content (AvgIpc) is 2.64. The lowest BCUT2D eigenvalue weighted by molar-refractivity contribution is -0.0579. The van der Waals surface area contributed by atoms with E-state index < -0.39 is 10.1 Å². The minimum atomic E-state index is -3.67. The molecule has 5 heteroatoms. The Bertz CT molecular complexity index is 481. The maximum absolute atomic E-state index is 12.0. The Morgan fingerprint density at radius 2 is 1.94 bits per heavy atom. The molecule has 0 radical (unpaired) electrons. The molecule has 0 bridgehead atoms. The first kappa shape index (κ1) is 12.5. The van der Waals surface area contributed by atoms with Gasteiger partial charge in [0.2, 0.25) is 0 Å². The maximum Gasteiger partial charge on any atom is 0.313 e. The molecule has 0 aromatic heterocycles. The number of nitrogens with zero attached hydrogens (tertiary/aromatic N) is 1. The molecule has 1 aromatic carbocycles. The fourth-order valence-corrected chi connectivity index (χ4v) is 2.92. The van der Waals surface area contributed by atoms with Gasteiger partial charge in [-0.05, 0) is 38.8 Å². The molecule has 1 fully saturated rings. The first-order valence-corrected chi connectivity index (χ1v) is 7.18. The molecule has 94 valence electrons. The van der Waals surface area contributed by atoms with E-state index in [2.05, 4.69) is 0 Å². The third-order valence-electron chi connectivity index (χ3n) is 3.00. The van der Waals surface area contributed by atoms with Crippen LogP contribution in [0, 0.1) is 6.92 Å². The number of benzene rings is 1. The van der Waals surface area contributed by atoms with Crippen LogP contribution in [0.15, 0.2) is 29.2 Å². The molecule has 4 nitrogen and oxygen atoms in total. The topological polar surface area (TPSA) is 46.6 Å². The van der Waals surface area contributed by atoms with E-state index in [4.69, 9.17) is 4.28 Å². The molecular formula is C12H17NO3S. The summed E-state index contributed by atoms with van der Waals surface area (Å²) in [4.78, 5) is 0.210. The molecule has 2 rings (SSSR count). The van der Waals surface area contributed by atoms with Crippen molar-refractivity contribution < 1.29 is 12.7 Å². The largest absolute Gasteiger partial charge is 0.313 e. The monoisotopic (exact) mass is 255 g/mol. The average molecular weight is 255 g/mol. The number of hydrogen-bond donors (Lipinski definition) is 0. The highest BCUT2D eigenvalue weighted by Gasteiger charge is 2.27. The Labute approximate surface area is 102 Å². The van der Waals surface area contributed by atoms with Crippen LogP contribution < -0.4 is 0 Å². The van der Waals surface area contributed by atoms with Crippen LogP contribution in [0.5, 0.6) is 0 Å². The van der Waals surface area contributed by atoms with Crippen molar-refractivity contribution in [1.82, 2.24) is 5.06 Å². The smallest absolute Gasteiger partial charge is 0.192 e. The molecule has 1 aromatic rings. The second-order valence-corrected chi connectivity index (χ2v) is 6.00. The first-order valence-electron chi connectivity index (χ1n) is 5.77. The molecule has 0 unspecified atom stereocenters. The van der Waals surface area contributed by atoms with E-state index in [1.165, 1.54) is 0 Å². The number of aryl methyl sites for hydroxylation is 1. The first-order chi connectivity index (χ1) is 7.99. The zero-order chi connectivity index (χ0) is 12.5. The highest BCUT2D eigenvalue weighted by molar-refractivity contribution is 7.86. The van der Waals surface area contributed by atoms with Crippen LogP contribution >= 0.6 is 0 Å². The van der Waals surface area contributed by atoms with E-state index in [1.807, 2.05) is 13.8 Å². The predicted octanol–water partition coefficient (Wildman–Crippen LogP) is 2.10. The third kappa shape index (κ3) is 2.86. The van der Waals surface area contributed by atoms with Gasteiger partial charge in [-0.25, -0.2) is 0 Å². The van der Waals surface area contributed by atoms with E-state index >= 15 is 0 Å². The van der Waals surface area contributed by atoms with Crippen LogP contribution in [0.4, 0.5) is 0 Å². The molecule has 1 saturated heterocycles. The molecule has 0 spiro atoms. The highest BCUT2D eigenvalue weighted by atomic mass is 32.2. The van der Waals surface area contributed by atoms with Gasteiger partial charge in [0.1, 0.15) is 0 Å². The van der Waals surface area contributed by atoms with Gasteiger partial charge in [-0.3, -0.25) is 0 Å². The molecule has 1 heterocycles. The molecular weight excluding hydrogens is 238 g/mol. The van der Waals surface area contributed by atoms with Crippen LogP contribution in [0.1, 0.15) is 25.3 Å². The molecule has 0 saturated carbocycles. The summed E-state index contributed by atoms with van der Waals surface area (Å²) in [5.74, 6) is 0. The van der Waals surface area contributed by atoms with Crippen molar-refractivity contribution in [1.29, 1.82) is 0 Å². The zero-order valence-electron chi connectivity index (χ0n) is 10.1. The van der Waals surface area contributed by atoms with Crippen LogP contribution in [-0.4, -0.2) is 26.1 Å². The predicted molar refractivity (Wildman–Crippen MR) is 64.9 cm³/mol. The molecule has 17 heavy (non-hydrogen) atoms. The van der Waals surface area contributed by atoms with Gasteiger partial charge in [0.15, 0.2) is 0 Å². The summed E-state index contributed by atoms with van der Waals surface area (Å²) in [6, 6.07) is 6.85. The second kappa shape index (κ2) is 4.76. The summed E-state index contributed by atoms with van der Waals surface area (Å²) >= 11 is 0. The van der Waals surface area contributed by atoms with Gasteiger partial charge in [-0.2, -0.15) is 17.8 Å². The van der Waals surface area contributed by atoms with Crippen molar-refractivity contribution in [3.8, 4) is 0 Å². The standard InChI is InChI=1S/C12H17NO3S/c1-10-5-7-12(8-6-10)17(14,15)16-13-9-3-4-11(13)2/h5-8,11H,3-4,9H2,1-2H3/t11-/m1/s1. The summed E-state index contributed by atoms with van der Waals surface area (Å²) in [5.41, 5.74) is 1.03. The Morgan fingerprint density at radius 1 is 1.29 bits per heavy atom. The SMILES string of the molecule is Cc1ccc(S(=O)(=O)ON2CCC[C@H]2C)cc1. The van der Waals surface area contributed by atoms with Crippen molar-refractivity contribution in [2.75, 3.05) is 6.54 Å². The quantitative estimate of drug-likeness (QED) is 0.830. The Balaban J connectivity index is 2.16. The molecule has 1 aliphatic rings. The fraction of sp³-hybridized carbons (Fsp3) is 0.500. The lowest BCUT2D eigenvalue weighted by atomic mass is 10.2. The third-order valence-corrected chi connectivity index (χ3v) is 4.23. The maximum atomic E-state index is 12.0. The van der Waals surface area contributed by atoms with Gasteiger partial charge in [0.25, 0.3) is 0 Å². The molecule has 1 atom stereocenters. The van der Waals surface area contributed by atoms with Crippen LogP contribution in [-0.2, 0) is 14.4 Å². The van der Waals surface area contributed by atoms with Gasteiger partial charge < -0.3 is 0 Å². The van der Waals surface area contributed by atoms with Gasteiger partial charge >= 0.3 is 10.1 Å². The van der Waals surface area contributed by atoms with E-state index in [1.54, 1.807) is 29.3 Å². The van der Waals surface area contributed by atoms with Gasteiger partial charge in [-0.1, -0.05) is 17.7 Å². The Hall–Kier alpha value is -0.910. The summed E-state index contributed by atoms with van der Waals surface area (Å²) in [7, 11) is -3.67. The minimum Gasteiger partial charge on any atom is -0.192 e. The second-order valence-electron chi connectivity index (χ2n) is 4.47. The lowest BCUT2D eigenvalue weighted by Gasteiger charge is -2.19. The van der Waals surface area contributed by atoms with Gasteiger partial charge in [0, 0.05) is 12.6 Å². The number of rotatable bonds is 3. The minimum absolute atomic E-state index is 0.162. The van der Waals surface area contributed by atoms with Crippen molar-refractivity contribution in [2.45, 2.75) is 37.6 Å². The number of hydrogen-bond acceptors (Lipinski definition) is 4. The van der Waals surface area contributed by atoms with Crippen LogP contribution in [0.3, 0.4) is 0 Å². The normalized spacial score (nSPS) is 21.9. The van der Waals surface area contributed by atoms with Crippen molar-refractivity contribution in [3.63, 3.8) is 0 Å². The highest BCUT2D eigenvalue weighted by Crippen LogP contribution is 2.21. The molecule has 0 amide bonds. The lowest BCUT2D eigenvalue weighted by Crippen LogP contribution is -2.30. The van der Waals surface area contributed by atoms with Crippen molar-refractivity contribution >= 4 is 10.1 Å². The van der Waals surface area contributed by atoms with E-state index in [0.717, 1.165) is 18.4 Å². The van der Waals surface area contributed by atoms with Crippen molar-refractivity contribution in [3.05, 3.63) is 29.8 Å². The van der Waals surface area contributed by atoms with Gasteiger partial charge in [0.05, 0.1) is 4.90 Å². The van der Waals surface area contributed by atoms with E-state index in [0.29, 0.717) is 6.54 Å². The molecule has 0 N–H and O–H groups in total. The fourth-order valence-electron chi connectivity index (χ4n) is 1.89. The number of hydroxylamine groups is 2. The molecule has 1 aliphatic heterocycles. The van der Waals surface area contributed by atoms with E-state index in [-0.39, 0.29) is 10.9 Å². The summed E-state index contributed by atoms with van der Waals surface area (Å²) < 4.78 is 29.1. The Morgan fingerprint density at radius 3 is 2.47 bits per heavy atom. The van der Waals surface area contributed by atoms with Crippen LogP contribution in [0.2, 0.25) is 0 Å². The Kier molecular flexibility index (Phi) is 3.51. The summed E-state index contributed by atoms with van der Waals surface area (Å²) in [6.07, 6.45) is 1.95. The van der Waals surface area contributed by atoms with Gasteiger partial charge in [-0.15, -0.1) is 0 Å². The van der Waals surface area contributed by atoms with E-state index in [9.17, 15) is 8.42 Å². The van der Waals surface area contributed by atoms with Crippen LogP contribution in [0.25, 0.3) is 0 Å². The van der Waals surface area contributed by atoms with Crippen molar-refractivity contribution in [2.24, 2.45) is 0 Å². The summed E-state index contributed by atoms with van der Waals surface area (Å²) in [6.45, 7) is 4.56. The zero-order valence-corrected chi connectivity index (χ0v) is 10.9. The summed E-state index contributed by atoms with van der Waals surface area (Å²) in [5, 5.41) is 1.55. The molecule has 0 aliphatic carbocycles.